The van der Waals surface area contributed by atoms with E-state index in [1.165, 1.54) is 0 Å². The van der Waals surface area contributed by atoms with E-state index in [2.05, 4.69) is 13.8 Å². The van der Waals surface area contributed by atoms with Gasteiger partial charge in [-0.1, -0.05) is 38.1 Å². The van der Waals surface area contributed by atoms with E-state index < -0.39 is 0 Å². The second-order valence-corrected chi connectivity index (χ2v) is 7.99. The molecule has 0 saturated carbocycles. The van der Waals surface area contributed by atoms with Crippen LogP contribution in [0.3, 0.4) is 0 Å². The first-order valence-corrected chi connectivity index (χ1v) is 10.3. The Bertz CT molecular complexity index is 730. The predicted molar refractivity (Wildman–Crippen MR) is 102 cm³/mol. The molecule has 0 amide bonds. The van der Waals surface area contributed by atoms with Gasteiger partial charge in [-0.25, -0.2) is 0 Å². The molecule has 0 N–H and O–H groups in total. The highest BCUT2D eigenvalue weighted by Gasteiger charge is 2.33. The Kier molecular flexibility index (Phi) is 5.47. The van der Waals surface area contributed by atoms with Crippen LogP contribution in [0.1, 0.15) is 58.5 Å². The molecule has 0 bridgehead atoms. The average molecular weight is 357 g/mol. The summed E-state index contributed by atoms with van der Waals surface area (Å²) in [6.07, 6.45) is 2.06. The van der Waals surface area contributed by atoms with Crippen LogP contribution >= 0.6 is 23.5 Å². The summed E-state index contributed by atoms with van der Waals surface area (Å²) in [6, 6.07) is 11.2. The highest BCUT2D eigenvalue weighted by Crippen LogP contribution is 2.39. The van der Waals surface area contributed by atoms with Crippen LogP contribution in [0.5, 0.6) is 0 Å². The number of benzene rings is 2. The molecule has 1 aliphatic carbocycles. The lowest BCUT2D eigenvalue weighted by atomic mass is 9.84. The fraction of sp³-hybridized carbons (Fsp3) is 0.300. The van der Waals surface area contributed by atoms with E-state index in [9.17, 15) is 9.59 Å². The molecule has 0 aromatic heterocycles. The molecule has 1 aliphatic rings. The summed E-state index contributed by atoms with van der Waals surface area (Å²) in [5.41, 5.74) is 2.29. The van der Waals surface area contributed by atoms with Gasteiger partial charge in [0.2, 0.25) is 0 Å². The minimum atomic E-state index is -0.0160. The summed E-state index contributed by atoms with van der Waals surface area (Å²) in [5, 5.41) is 0. The number of thioether (sulfide) groups is 2. The largest absolute Gasteiger partial charge is 0.289 e. The predicted octanol–water partition coefficient (Wildman–Crippen LogP) is 5.47. The molecule has 0 unspecified atom stereocenters. The van der Waals surface area contributed by atoms with E-state index in [1.54, 1.807) is 35.7 Å². The van der Waals surface area contributed by atoms with E-state index in [0.29, 0.717) is 22.3 Å². The molecular weight excluding hydrogens is 336 g/mol. The van der Waals surface area contributed by atoms with Gasteiger partial charge in [0.05, 0.1) is 0 Å². The van der Waals surface area contributed by atoms with Crippen molar-refractivity contribution < 1.29 is 9.59 Å². The lowest BCUT2D eigenvalue weighted by Gasteiger charge is -2.22. The molecule has 0 radical (unpaired) electrons. The minimum Gasteiger partial charge on any atom is -0.289 e. The van der Waals surface area contributed by atoms with E-state index in [-0.39, 0.29) is 11.6 Å². The molecule has 24 heavy (non-hydrogen) atoms. The minimum absolute atomic E-state index is 0.0160. The Morgan fingerprint density at radius 3 is 1.50 bits per heavy atom. The van der Waals surface area contributed by atoms with Crippen LogP contribution in [0.15, 0.2) is 46.2 Å². The number of ketones is 2. The fourth-order valence-corrected chi connectivity index (χ4v) is 4.68. The molecule has 0 spiro atoms. The Morgan fingerprint density at radius 2 is 1.12 bits per heavy atom. The summed E-state index contributed by atoms with van der Waals surface area (Å²) in [5.74, 6) is 1.85. The van der Waals surface area contributed by atoms with Crippen LogP contribution in [0.4, 0.5) is 0 Å². The molecule has 0 saturated heterocycles. The third-order valence-electron chi connectivity index (χ3n) is 3.92. The van der Waals surface area contributed by atoms with Crippen molar-refractivity contribution in [3.8, 4) is 0 Å². The summed E-state index contributed by atoms with van der Waals surface area (Å²) in [6.45, 7) is 4.24. The standard InChI is InChI=1S/C20H20O2S2/c1-3-11-23-15-9-10-16(24-12-4-2)18-17(15)19(21)13-7-5-6-8-14(13)20(18)22/h5-10H,3-4,11-12H2,1-2H3. The van der Waals surface area contributed by atoms with Gasteiger partial charge in [-0.2, -0.15) is 0 Å². The van der Waals surface area contributed by atoms with Crippen LogP contribution in [0.2, 0.25) is 0 Å². The van der Waals surface area contributed by atoms with Gasteiger partial charge < -0.3 is 0 Å². The number of hydrogen-bond donors (Lipinski definition) is 0. The van der Waals surface area contributed by atoms with Crippen LogP contribution < -0.4 is 0 Å². The summed E-state index contributed by atoms with van der Waals surface area (Å²) in [4.78, 5) is 28.0. The number of hydrogen-bond acceptors (Lipinski definition) is 4. The van der Waals surface area contributed by atoms with Crippen molar-refractivity contribution in [2.24, 2.45) is 0 Å². The topological polar surface area (TPSA) is 34.1 Å². The van der Waals surface area contributed by atoms with Gasteiger partial charge >= 0.3 is 0 Å². The molecule has 2 nitrogen and oxygen atoms in total. The molecule has 0 atom stereocenters. The molecule has 0 aliphatic heterocycles. The zero-order valence-electron chi connectivity index (χ0n) is 13.9. The smallest absolute Gasteiger partial charge is 0.195 e. The van der Waals surface area contributed by atoms with Crippen molar-refractivity contribution in [3.05, 3.63) is 58.7 Å². The van der Waals surface area contributed by atoms with Gasteiger partial charge in [-0.15, -0.1) is 23.5 Å². The molecule has 0 fully saturated rings. The van der Waals surface area contributed by atoms with Gasteiger partial charge in [0.1, 0.15) is 0 Å². The second kappa shape index (κ2) is 7.58. The van der Waals surface area contributed by atoms with Gasteiger partial charge in [-0.05, 0) is 36.5 Å². The lowest BCUT2D eigenvalue weighted by molar-refractivity contribution is 0.0974. The first kappa shape index (κ1) is 17.3. The number of carbonyl (C=O) groups is 2. The quantitative estimate of drug-likeness (QED) is 0.549. The Labute approximate surface area is 151 Å². The van der Waals surface area contributed by atoms with Crippen LogP contribution in [0, 0.1) is 0 Å². The highest BCUT2D eigenvalue weighted by atomic mass is 32.2. The lowest BCUT2D eigenvalue weighted by Crippen LogP contribution is -2.22. The van der Waals surface area contributed by atoms with Crippen LogP contribution in [0.25, 0.3) is 0 Å². The number of carbonyl (C=O) groups excluding carboxylic acids is 2. The molecule has 124 valence electrons. The van der Waals surface area contributed by atoms with Gasteiger partial charge in [0.25, 0.3) is 0 Å². The van der Waals surface area contributed by atoms with Crippen molar-refractivity contribution >= 4 is 35.1 Å². The molecule has 4 heteroatoms. The molecule has 3 rings (SSSR count). The Morgan fingerprint density at radius 1 is 0.708 bits per heavy atom. The van der Waals surface area contributed by atoms with Crippen molar-refractivity contribution in [2.45, 2.75) is 36.5 Å². The number of rotatable bonds is 6. The normalized spacial score (nSPS) is 12.9. The third kappa shape index (κ3) is 3.05. The van der Waals surface area contributed by atoms with Gasteiger partial charge in [-0.3, -0.25) is 9.59 Å². The maximum Gasteiger partial charge on any atom is 0.195 e. The highest BCUT2D eigenvalue weighted by molar-refractivity contribution is 7.99. The van der Waals surface area contributed by atoms with E-state index >= 15 is 0 Å². The number of fused-ring (bicyclic) bond motifs is 2. The van der Waals surface area contributed by atoms with Crippen molar-refractivity contribution in [1.29, 1.82) is 0 Å². The van der Waals surface area contributed by atoms with E-state index in [4.69, 9.17) is 0 Å². The molecule has 0 heterocycles. The van der Waals surface area contributed by atoms with E-state index in [1.807, 2.05) is 24.3 Å². The monoisotopic (exact) mass is 356 g/mol. The van der Waals surface area contributed by atoms with Crippen molar-refractivity contribution in [2.75, 3.05) is 11.5 Å². The molecule has 2 aromatic rings. The van der Waals surface area contributed by atoms with Crippen molar-refractivity contribution in [3.63, 3.8) is 0 Å². The SMILES string of the molecule is CCCSc1ccc(SCCC)c2c1C(=O)c1ccccc1C2=O. The van der Waals surface area contributed by atoms with Gasteiger partial charge in [0.15, 0.2) is 11.6 Å². The van der Waals surface area contributed by atoms with E-state index in [0.717, 1.165) is 34.1 Å². The van der Waals surface area contributed by atoms with Crippen LogP contribution in [-0.4, -0.2) is 23.1 Å². The molecular formula is C20H20O2S2. The zero-order valence-corrected chi connectivity index (χ0v) is 15.6. The Hall–Kier alpha value is -1.52. The summed E-state index contributed by atoms with van der Waals surface area (Å²) < 4.78 is 0. The third-order valence-corrected chi connectivity index (χ3v) is 6.45. The maximum atomic E-state index is 13.1. The summed E-state index contributed by atoms with van der Waals surface area (Å²) in [7, 11) is 0. The van der Waals surface area contributed by atoms with Crippen LogP contribution in [-0.2, 0) is 0 Å². The second-order valence-electron chi connectivity index (χ2n) is 5.71. The fourth-order valence-electron chi connectivity index (χ4n) is 2.83. The average Bonchev–Trinajstić information content (AvgIpc) is 2.62. The Balaban J connectivity index is 2.18. The maximum absolute atomic E-state index is 13.1. The zero-order chi connectivity index (χ0) is 17.1. The van der Waals surface area contributed by atoms with Gasteiger partial charge in [0, 0.05) is 32.0 Å². The molecule has 2 aromatic carbocycles. The van der Waals surface area contributed by atoms with Crippen molar-refractivity contribution in [1.82, 2.24) is 0 Å². The first-order valence-electron chi connectivity index (χ1n) is 8.30. The first-order chi connectivity index (χ1) is 11.7. The summed E-state index contributed by atoms with van der Waals surface area (Å²) >= 11 is 3.33.